The monoisotopic (exact) mass is 884 g/mol. The number of anilines is 6. The molecule has 9 aromatic carbocycles. The summed E-state index contributed by atoms with van der Waals surface area (Å²) in [6, 6.07) is 62.1. The maximum absolute atomic E-state index is 11.5. The summed E-state index contributed by atoms with van der Waals surface area (Å²) in [7, 11) is 5.01. The smallest absolute Gasteiger partial charge is 0.194 e. The molecule has 0 atom stereocenters. The van der Waals surface area contributed by atoms with E-state index in [0.29, 0.717) is 27.9 Å². The Bertz CT molecular complexity index is 3440. The van der Waals surface area contributed by atoms with Crippen LogP contribution in [-0.2, 0) is 0 Å². The molecule has 0 heterocycles. The van der Waals surface area contributed by atoms with Crippen molar-refractivity contribution < 1.29 is 19.0 Å². The van der Waals surface area contributed by atoms with Gasteiger partial charge in [-0.3, -0.25) is 4.79 Å². The fourth-order valence-corrected chi connectivity index (χ4v) is 8.47. The summed E-state index contributed by atoms with van der Waals surface area (Å²) in [6.45, 7) is 8.07. The van der Waals surface area contributed by atoms with E-state index in [4.69, 9.17) is 20.8 Å². The molecule has 0 saturated carbocycles. The van der Waals surface area contributed by atoms with Crippen LogP contribution >= 0.6 is 0 Å². The van der Waals surface area contributed by atoms with E-state index in [-0.39, 0.29) is 0 Å². The van der Waals surface area contributed by atoms with Gasteiger partial charge >= 0.3 is 0 Å². The van der Waals surface area contributed by atoms with Gasteiger partial charge in [-0.25, -0.2) is 4.85 Å². The Labute approximate surface area is 395 Å². The minimum Gasteiger partial charge on any atom is -0.497 e. The van der Waals surface area contributed by atoms with E-state index in [9.17, 15) is 10.1 Å². The molecule has 0 radical (unpaired) electrons. The third-order valence-corrected chi connectivity index (χ3v) is 11.9. The second kappa shape index (κ2) is 19.8. The molecule has 0 aliphatic heterocycles. The van der Waals surface area contributed by atoms with Gasteiger partial charge in [-0.05, 0) is 131 Å². The van der Waals surface area contributed by atoms with E-state index in [1.807, 2.05) is 158 Å². The van der Waals surface area contributed by atoms with Crippen molar-refractivity contribution in [1.29, 1.82) is 5.26 Å². The number of nitriles is 1. The molecule has 9 rings (SSSR count). The number of carbonyl (C=O) groups excluding carboxylic acids is 1. The summed E-state index contributed by atoms with van der Waals surface area (Å²) < 4.78 is 16.9. The van der Waals surface area contributed by atoms with E-state index < -0.39 is 0 Å². The molecule has 8 nitrogen and oxygen atoms in total. The van der Waals surface area contributed by atoms with Crippen molar-refractivity contribution in [3.63, 3.8) is 0 Å². The summed E-state index contributed by atoms with van der Waals surface area (Å²) in [4.78, 5) is 19.7. The summed E-state index contributed by atoms with van der Waals surface area (Å²) >= 11 is 0. The van der Waals surface area contributed by atoms with Crippen LogP contribution in [0.2, 0.25) is 0 Å². The van der Waals surface area contributed by atoms with Crippen molar-refractivity contribution in [2.45, 2.75) is 0 Å². The Morgan fingerprint density at radius 1 is 0.485 bits per heavy atom. The van der Waals surface area contributed by atoms with Gasteiger partial charge in [-0.2, -0.15) is 5.26 Å². The number of hydrogen-bond acceptors (Lipinski definition) is 7. The Hall–Kier alpha value is -9.37. The molecule has 328 valence electrons. The number of aldehydes is 1. The van der Waals surface area contributed by atoms with E-state index in [1.165, 1.54) is 0 Å². The third kappa shape index (κ3) is 8.86. The van der Waals surface area contributed by atoms with E-state index in [1.54, 1.807) is 33.5 Å². The van der Waals surface area contributed by atoms with Gasteiger partial charge in [-0.1, -0.05) is 97.1 Å². The van der Waals surface area contributed by atoms with Crippen LogP contribution in [0.3, 0.4) is 0 Å². The molecule has 0 saturated heterocycles. The van der Waals surface area contributed by atoms with Crippen molar-refractivity contribution in [1.82, 2.24) is 0 Å². The number of methoxy groups -OCH3 is 3. The van der Waals surface area contributed by atoms with Gasteiger partial charge in [0.05, 0.1) is 50.9 Å². The first-order valence-electron chi connectivity index (χ1n) is 21.9. The molecule has 8 heteroatoms. The van der Waals surface area contributed by atoms with Gasteiger partial charge in [0.1, 0.15) is 23.5 Å². The van der Waals surface area contributed by atoms with Crippen molar-refractivity contribution in [2.75, 3.05) is 31.1 Å². The molecule has 0 bridgehead atoms. The van der Waals surface area contributed by atoms with E-state index in [0.717, 1.165) is 90.3 Å². The average molecular weight is 885 g/mol. The van der Waals surface area contributed by atoms with Crippen molar-refractivity contribution in [2.24, 2.45) is 0 Å². The Balaban J connectivity index is 0.981. The van der Waals surface area contributed by atoms with Crippen molar-refractivity contribution in [3.8, 4) is 23.3 Å². The first kappa shape index (κ1) is 43.9. The molecule has 9 aromatic rings. The number of carbonyl (C=O) groups is 1. The van der Waals surface area contributed by atoms with E-state index >= 15 is 0 Å². The Morgan fingerprint density at radius 3 is 1.32 bits per heavy atom. The Morgan fingerprint density at radius 2 is 0.912 bits per heavy atom. The minimum atomic E-state index is 0.435. The minimum absolute atomic E-state index is 0.435. The van der Waals surface area contributed by atoms with Gasteiger partial charge in [0.2, 0.25) is 0 Å². The van der Waals surface area contributed by atoms with Crippen LogP contribution in [0, 0.1) is 17.9 Å². The number of rotatable bonds is 14. The molecule has 0 fully saturated rings. The topological polar surface area (TPSA) is 79.4 Å². The number of benzene rings is 9. The van der Waals surface area contributed by atoms with Gasteiger partial charge in [0.15, 0.2) is 5.69 Å². The number of nitrogens with zero attached hydrogens (tertiary/aromatic N) is 4. The normalized spacial score (nSPS) is 11.1. The largest absolute Gasteiger partial charge is 0.497 e. The van der Waals surface area contributed by atoms with Crippen LogP contribution in [0.25, 0.3) is 50.7 Å². The van der Waals surface area contributed by atoms with Crippen LogP contribution in [0.5, 0.6) is 17.2 Å². The summed E-state index contributed by atoms with van der Waals surface area (Å²) in [5.41, 5.74) is 10.3. The van der Waals surface area contributed by atoms with Gasteiger partial charge in [-0.15, -0.1) is 0 Å². The molecule has 0 N–H and O–H groups in total. The number of hydrogen-bond donors (Lipinski definition) is 0. The lowest BCUT2D eigenvalue weighted by molar-refractivity contribution is 0.112. The van der Waals surface area contributed by atoms with Crippen LogP contribution in [0.4, 0.5) is 39.8 Å². The molecule has 0 amide bonds. The molecular weight excluding hydrogens is 841 g/mol. The number of ether oxygens (including phenoxy) is 3. The van der Waals surface area contributed by atoms with Crippen LogP contribution < -0.4 is 24.0 Å². The highest BCUT2D eigenvalue weighted by molar-refractivity contribution is 6.03. The molecule has 68 heavy (non-hydrogen) atoms. The SMILES string of the molecule is [C-]#[N+]c1cc(C=Cc2ccc(N(c3ccc(OC)cc3)c3ccc(OC)c4ccccc34)cc2)c(C#N)cc1C=Cc1ccc(N(c2ccc(C=O)cc2)c2ccc(OC)c3ccccc23)cc1. The molecular formula is C60H44N4O4. The summed E-state index contributed by atoms with van der Waals surface area (Å²) in [6.07, 6.45) is 8.51. The first-order chi connectivity index (χ1) is 33.4. The summed E-state index contributed by atoms with van der Waals surface area (Å²) in [5, 5.41) is 14.4. The van der Waals surface area contributed by atoms with E-state index in [2.05, 4.69) is 57.1 Å². The maximum Gasteiger partial charge on any atom is 0.194 e. The highest BCUT2D eigenvalue weighted by Gasteiger charge is 2.19. The predicted molar refractivity (Wildman–Crippen MR) is 278 cm³/mol. The zero-order valence-corrected chi connectivity index (χ0v) is 37.6. The highest BCUT2D eigenvalue weighted by atomic mass is 16.5. The van der Waals surface area contributed by atoms with Gasteiger partial charge in [0, 0.05) is 49.9 Å². The molecule has 0 aromatic heterocycles. The Kier molecular flexibility index (Phi) is 12.8. The maximum atomic E-state index is 11.5. The zero-order valence-electron chi connectivity index (χ0n) is 37.6. The lowest BCUT2D eigenvalue weighted by Gasteiger charge is -2.27. The molecule has 0 unspecified atom stereocenters. The number of fused-ring (bicyclic) bond motifs is 2. The standard InChI is InChI=1S/C60H44N4O4/c1-62-56-38-44(21-13-41-15-23-48(24-16-41)64(50-29-31-51(66-2)32-30-50)58-34-36-60(68-4)55-12-8-6-10-53(55)58)46(39-61)37-45(56)22-14-42-17-25-47(26-18-42)63(49-27-19-43(40-65)20-28-49)57-33-35-59(67-3)54-11-7-5-9-52(54)57/h5-38,40H,2-4H3. The lowest BCUT2D eigenvalue weighted by atomic mass is 10.0. The highest BCUT2D eigenvalue weighted by Crippen LogP contribution is 2.44. The molecule has 0 aliphatic rings. The zero-order chi connectivity index (χ0) is 47.0. The lowest BCUT2D eigenvalue weighted by Crippen LogP contribution is -2.10. The third-order valence-electron chi connectivity index (χ3n) is 11.9. The van der Waals surface area contributed by atoms with Gasteiger partial charge in [0.25, 0.3) is 0 Å². The molecule has 0 aliphatic carbocycles. The van der Waals surface area contributed by atoms with Crippen LogP contribution in [0.15, 0.2) is 182 Å². The van der Waals surface area contributed by atoms with Crippen molar-refractivity contribution >= 4 is 91.9 Å². The second-order valence-electron chi connectivity index (χ2n) is 15.8. The van der Waals surface area contributed by atoms with Crippen LogP contribution in [0.1, 0.15) is 38.2 Å². The van der Waals surface area contributed by atoms with Gasteiger partial charge < -0.3 is 24.0 Å². The average Bonchev–Trinajstić information content (AvgIpc) is 3.40. The molecule has 0 spiro atoms. The van der Waals surface area contributed by atoms with Crippen molar-refractivity contribution in [3.05, 3.63) is 227 Å². The quantitative estimate of drug-likeness (QED) is 0.0611. The predicted octanol–water partition coefficient (Wildman–Crippen LogP) is 15.5. The fourth-order valence-electron chi connectivity index (χ4n) is 8.47. The summed E-state index contributed by atoms with van der Waals surface area (Å²) in [5.74, 6) is 2.35. The van der Waals surface area contributed by atoms with Crippen LogP contribution in [-0.4, -0.2) is 27.6 Å². The fraction of sp³-hybridized carbons (Fsp3) is 0.0500. The second-order valence-corrected chi connectivity index (χ2v) is 15.8. The first-order valence-corrected chi connectivity index (χ1v) is 21.9.